The van der Waals surface area contributed by atoms with Crippen molar-refractivity contribution in [2.45, 2.75) is 89.0 Å². The summed E-state index contributed by atoms with van der Waals surface area (Å²) < 4.78 is 0. The molecule has 0 fully saturated rings. The maximum absolute atomic E-state index is 11.5. The van der Waals surface area contributed by atoms with Crippen LogP contribution in [-0.4, -0.2) is 25.8 Å². The summed E-state index contributed by atoms with van der Waals surface area (Å²) in [5.41, 5.74) is 6.66. The summed E-state index contributed by atoms with van der Waals surface area (Å²) in [7, 11) is 0. The molecular formula is C35H44IrN3O2-. The second-order valence-electron chi connectivity index (χ2n) is 13.1. The van der Waals surface area contributed by atoms with E-state index in [9.17, 15) is 9.90 Å². The van der Waals surface area contributed by atoms with Crippen molar-refractivity contribution in [2.75, 3.05) is 0 Å². The molecule has 41 heavy (non-hydrogen) atoms. The van der Waals surface area contributed by atoms with Gasteiger partial charge < -0.3 is 5.11 Å². The molecular weight excluding hydrogens is 687 g/mol. The number of benzene rings is 2. The molecule has 221 valence electrons. The summed E-state index contributed by atoms with van der Waals surface area (Å²) in [6.45, 7) is 23.7. The molecule has 0 saturated carbocycles. The van der Waals surface area contributed by atoms with Crippen LogP contribution >= 0.6 is 0 Å². The van der Waals surface area contributed by atoms with Crippen LogP contribution in [0.25, 0.3) is 32.9 Å². The van der Waals surface area contributed by atoms with E-state index in [1.54, 1.807) is 0 Å². The van der Waals surface area contributed by atoms with Gasteiger partial charge in [-0.15, -0.1) is 34.9 Å². The van der Waals surface area contributed by atoms with Gasteiger partial charge in [-0.2, -0.15) is 0 Å². The summed E-state index contributed by atoms with van der Waals surface area (Å²) in [6, 6.07) is 14.1. The molecule has 1 radical (unpaired) electrons. The molecule has 2 aromatic heterocycles. The van der Waals surface area contributed by atoms with Crippen LogP contribution in [0.5, 0.6) is 0 Å². The quantitative estimate of drug-likeness (QED) is 0.0986. The van der Waals surface area contributed by atoms with Crippen LogP contribution in [0.4, 0.5) is 0 Å². The molecule has 0 bridgehead atoms. The number of allylic oxidation sites excluding steroid dienone is 2. The number of aryl methyl sites for hydroxylation is 4. The molecule has 4 aromatic rings. The molecule has 0 saturated heterocycles. The molecule has 5 nitrogen and oxygen atoms in total. The third kappa shape index (κ3) is 8.08. The number of rotatable bonds is 3. The number of aliphatic hydroxyl groups excluding tert-OH is 1. The number of ketones is 1. The maximum atomic E-state index is 11.5. The van der Waals surface area contributed by atoms with Crippen LogP contribution in [0.3, 0.4) is 0 Å². The van der Waals surface area contributed by atoms with Gasteiger partial charge in [0.1, 0.15) is 11.6 Å². The zero-order chi connectivity index (χ0) is 30.2. The fourth-order valence-electron chi connectivity index (χ4n) is 4.32. The zero-order valence-corrected chi connectivity index (χ0v) is 29.0. The van der Waals surface area contributed by atoms with E-state index in [4.69, 9.17) is 9.97 Å². The Morgan fingerprint density at radius 1 is 0.927 bits per heavy atom. The van der Waals surface area contributed by atoms with Crippen molar-refractivity contribution in [3.63, 3.8) is 0 Å². The van der Waals surface area contributed by atoms with E-state index >= 15 is 0 Å². The van der Waals surface area contributed by atoms with Gasteiger partial charge in [0.05, 0.1) is 5.52 Å². The van der Waals surface area contributed by atoms with E-state index in [0.717, 1.165) is 44.8 Å². The Labute approximate surface area is 259 Å². The largest absolute Gasteiger partial charge is 0.512 e. The van der Waals surface area contributed by atoms with Gasteiger partial charge in [-0.05, 0) is 36.4 Å². The minimum Gasteiger partial charge on any atom is -0.512 e. The van der Waals surface area contributed by atoms with Crippen LogP contribution in [0.1, 0.15) is 89.6 Å². The Morgan fingerprint density at radius 3 is 2.10 bits per heavy atom. The number of pyridine rings is 1. The molecule has 0 amide bonds. The first-order valence-electron chi connectivity index (χ1n) is 13.9. The van der Waals surface area contributed by atoms with E-state index in [2.05, 4.69) is 69.9 Å². The average Bonchev–Trinajstić information content (AvgIpc) is 2.82. The Bertz CT molecular complexity index is 1610. The van der Waals surface area contributed by atoms with Gasteiger partial charge in [0, 0.05) is 59.7 Å². The number of carbonyl (C=O) groups is 1. The van der Waals surface area contributed by atoms with Crippen molar-refractivity contribution in [1.82, 2.24) is 15.0 Å². The van der Waals surface area contributed by atoms with Gasteiger partial charge >= 0.3 is 0 Å². The van der Waals surface area contributed by atoms with Crippen molar-refractivity contribution < 1.29 is 30.0 Å². The molecule has 0 aliphatic carbocycles. The molecule has 0 spiro atoms. The predicted molar refractivity (Wildman–Crippen MR) is 167 cm³/mol. The average molecular weight is 731 g/mol. The Morgan fingerprint density at radius 2 is 1.56 bits per heavy atom. The van der Waals surface area contributed by atoms with Crippen molar-refractivity contribution in [3.05, 3.63) is 76.6 Å². The van der Waals surface area contributed by atoms with Crippen molar-refractivity contribution in [3.8, 4) is 11.3 Å². The maximum Gasteiger partial charge on any atom is 0.164 e. The number of aliphatic hydroxyl groups is 1. The van der Waals surface area contributed by atoms with Crippen LogP contribution in [0.15, 0.2) is 42.2 Å². The fourth-order valence-corrected chi connectivity index (χ4v) is 4.32. The number of aromatic nitrogens is 3. The van der Waals surface area contributed by atoms with Gasteiger partial charge in [-0.3, -0.25) is 14.8 Å². The van der Waals surface area contributed by atoms with Crippen molar-refractivity contribution >= 4 is 27.5 Å². The summed E-state index contributed by atoms with van der Waals surface area (Å²) in [4.78, 5) is 26.1. The molecule has 2 aromatic carbocycles. The normalized spacial score (nSPS) is 12.3. The second kappa shape index (κ2) is 12.9. The fraction of sp³-hybridized carbons (Fsp3) is 0.429. The molecule has 0 atom stereocenters. The third-order valence-electron chi connectivity index (χ3n) is 6.80. The van der Waals surface area contributed by atoms with Crippen LogP contribution < -0.4 is 0 Å². The van der Waals surface area contributed by atoms with Crippen LogP contribution in [-0.2, 0) is 24.9 Å². The standard InChI is InChI=1S/C24H24N3.C11H20O2.Ir/c1-13(2)24-26-22(19-9-7-14(3)11-15(19)4)20-10-8-18-12-16(5)25-17(6)21(18)23(20)27-24;1-10(2,3)8(12)7-9(13)11(4,5)6;/h7-8,10-13H,1-6H3;7,12H,1-6H3;/q-1;;/b;8-7-;. The Kier molecular flexibility index (Phi) is 10.8. The number of hydrogen-bond donors (Lipinski definition) is 1. The molecule has 6 heteroatoms. The van der Waals surface area contributed by atoms with E-state index < -0.39 is 5.41 Å². The summed E-state index contributed by atoms with van der Waals surface area (Å²) in [5.74, 6) is 1.21. The SMILES string of the molecule is CC(C)(C)C(=O)/C=C(\O)C(C)(C)C.Cc1c[c-]c(-c2nc(C(C)C)nc3c2ccc2cc(C)nc(C)c23)c(C)c1.[Ir]. The van der Waals surface area contributed by atoms with E-state index in [1.165, 1.54) is 22.6 Å². The summed E-state index contributed by atoms with van der Waals surface area (Å²) in [5, 5.41) is 12.9. The predicted octanol–water partition coefficient (Wildman–Crippen LogP) is 9.09. The van der Waals surface area contributed by atoms with Crippen LogP contribution in [0, 0.1) is 44.6 Å². The second-order valence-corrected chi connectivity index (χ2v) is 13.1. The van der Waals surface area contributed by atoms with E-state index in [0.29, 0.717) is 0 Å². The van der Waals surface area contributed by atoms with Gasteiger partial charge in [0.15, 0.2) is 5.78 Å². The first-order chi connectivity index (χ1) is 18.4. The molecule has 4 rings (SSSR count). The number of fused-ring (bicyclic) bond motifs is 3. The first kappa shape index (κ1) is 34.3. The van der Waals surface area contributed by atoms with Gasteiger partial charge in [-0.1, -0.05) is 81.4 Å². The van der Waals surface area contributed by atoms with E-state index in [1.807, 2.05) is 54.5 Å². The topological polar surface area (TPSA) is 76.0 Å². The molecule has 0 unspecified atom stereocenters. The Hall–Kier alpha value is -2.95. The monoisotopic (exact) mass is 731 g/mol. The molecule has 2 heterocycles. The molecule has 0 aliphatic heterocycles. The first-order valence-corrected chi connectivity index (χ1v) is 13.9. The summed E-state index contributed by atoms with van der Waals surface area (Å²) in [6.07, 6.45) is 1.33. The third-order valence-corrected chi connectivity index (χ3v) is 6.80. The van der Waals surface area contributed by atoms with Gasteiger partial charge in [0.25, 0.3) is 0 Å². The summed E-state index contributed by atoms with van der Waals surface area (Å²) >= 11 is 0. The minimum atomic E-state index is -0.417. The van der Waals surface area contributed by atoms with E-state index in [-0.39, 0.29) is 43.0 Å². The molecule has 0 aliphatic rings. The van der Waals surface area contributed by atoms with Gasteiger partial charge in [0.2, 0.25) is 0 Å². The number of carbonyl (C=O) groups excluding carboxylic acids is 1. The number of nitrogens with zero attached hydrogens (tertiary/aromatic N) is 3. The van der Waals surface area contributed by atoms with Crippen molar-refractivity contribution in [1.29, 1.82) is 0 Å². The number of hydrogen-bond acceptors (Lipinski definition) is 5. The Balaban J connectivity index is 0.000000360. The van der Waals surface area contributed by atoms with Crippen molar-refractivity contribution in [2.24, 2.45) is 10.8 Å². The minimum absolute atomic E-state index is 0. The molecule has 1 N–H and O–H groups in total. The van der Waals surface area contributed by atoms with Crippen LogP contribution in [0.2, 0.25) is 0 Å². The zero-order valence-electron chi connectivity index (χ0n) is 26.6. The van der Waals surface area contributed by atoms with Gasteiger partial charge in [-0.25, -0.2) is 4.98 Å². The smallest absolute Gasteiger partial charge is 0.164 e.